The Kier molecular flexibility index (Phi) is 5.54. The van der Waals surface area contributed by atoms with Crippen molar-refractivity contribution < 1.29 is 9.53 Å². The van der Waals surface area contributed by atoms with Gasteiger partial charge in [-0.1, -0.05) is 41.7 Å². The fraction of sp³-hybridized carbons (Fsp3) is 0.292. The van der Waals surface area contributed by atoms with Gasteiger partial charge in [0.05, 0.1) is 28.5 Å². The molecule has 0 fully saturated rings. The molecule has 6 nitrogen and oxygen atoms in total. The lowest BCUT2D eigenvalue weighted by Crippen LogP contribution is -2.39. The van der Waals surface area contributed by atoms with E-state index in [4.69, 9.17) is 4.74 Å². The van der Waals surface area contributed by atoms with Crippen molar-refractivity contribution in [2.45, 2.75) is 33.7 Å². The van der Waals surface area contributed by atoms with Gasteiger partial charge >= 0.3 is 5.97 Å². The number of allylic oxidation sites excluding steroid dienone is 1. The number of esters is 1. The van der Waals surface area contributed by atoms with Crippen LogP contribution in [0.3, 0.4) is 0 Å². The van der Waals surface area contributed by atoms with E-state index in [1.54, 1.807) is 18.4 Å². The SMILES string of the molecule is CCOC(=O)C1=C(C)N=c2sc(=Cc3cc(C)n(C)c3C)c(=O)n2C1c1ccccc1. The molecule has 3 heterocycles. The lowest BCUT2D eigenvalue weighted by Gasteiger charge is -2.24. The zero-order valence-electron chi connectivity index (χ0n) is 18.3. The molecule has 1 aliphatic rings. The Labute approximate surface area is 184 Å². The van der Waals surface area contributed by atoms with Crippen LogP contribution >= 0.6 is 11.3 Å². The summed E-state index contributed by atoms with van der Waals surface area (Å²) >= 11 is 1.34. The van der Waals surface area contributed by atoms with E-state index in [0.29, 0.717) is 20.6 Å². The first-order chi connectivity index (χ1) is 14.8. The van der Waals surface area contributed by atoms with Gasteiger partial charge in [0.2, 0.25) is 0 Å². The molecule has 1 unspecified atom stereocenters. The molecular formula is C24H25N3O3S. The van der Waals surface area contributed by atoms with Crippen molar-refractivity contribution in [3.8, 4) is 0 Å². The summed E-state index contributed by atoms with van der Waals surface area (Å²) in [5.74, 6) is -0.443. The number of carbonyl (C=O) groups excluding carboxylic acids is 1. The second-order valence-electron chi connectivity index (χ2n) is 7.60. The third-order valence-corrected chi connectivity index (χ3v) is 6.72. The molecule has 1 atom stereocenters. The number of rotatable bonds is 4. The highest BCUT2D eigenvalue weighted by molar-refractivity contribution is 7.07. The summed E-state index contributed by atoms with van der Waals surface area (Å²) in [7, 11) is 2.01. The van der Waals surface area contributed by atoms with Crippen LogP contribution < -0.4 is 14.9 Å². The molecule has 0 saturated heterocycles. The van der Waals surface area contributed by atoms with E-state index >= 15 is 0 Å². The molecule has 160 valence electrons. The van der Waals surface area contributed by atoms with Crippen molar-refractivity contribution in [3.63, 3.8) is 0 Å². The first-order valence-corrected chi connectivity index (χ1v) is 11.0. The number of benzene rings is 1. The molecule has 1 aromatic carbocycles. The first kappa shape index (κ1) is 21.1. The molecule has 0 amide bonds. The van der Waals surface area contributed by atoms with Crippen molar-refractivity contribution >= 4 is 23.4 Å². The summed E-state index contributed by atoms with van der Waals surface area (Å²) in [5, 5.41) is 0. The van der Waals surface area contributed by atoms with Crippen LogP contribution in [0.4, 0.5) is 0 Å². The van der Waals surface area contributed by atoms with E-state index in [-0.39, 0.29) is 12.2 Å². The maximum atomic E-state index is 13.5. The Hall–Kier alpha value is -3.19. The van der Waals surface area contributed by atoms with Crippen LogP contribution in [0, 0.1) is 13.8 Å². The standard InChI is InChI=1S/C24H25N3O3S/c1-6-30-23(29)20-15(3)25-24-27(21(20)17-10-8-7-9-11-17)22(28)19(31-24)13-18-12-14(2)26(5)16(18)4/h7-13,21H,6H2,1-5H3. The molecular weight excluding hydrogens is 410 g/mol. The Morgan fingerprint density at radius 1 is 1.23 bits per heavy atom. The predicted octanol–water partition coefficient (Wildman–Crippen LogP) is 2.75. The molecule has 0 N–H and O–H groups in total. The average Bonchev–Trinajstić information content (AvgIpc) is 3.18. The van der Waals surface area contributed by atoms with Crippen LogP contribution in [0.25, 0.3) is 6.08 Å². The molecule has 0 radical (unpaired) electrons. The zero-order chi connectivity index (χ0) is 22.3. The number of hydrogen-bond acceptors (Lipinski definition) is 5. The summed E-state index contributed by atoms with van der Waals surface area (Å²) in [6.45, 7) is 7.89. The van der Waals surface area contributed by atoms with E-state index in [1.165, 1.54) is 11.3 Å². The lowest BCUT2D eigenvalue weighted by atomic mass is 9.96. The number of ether oxygens (including phenoxy) is 1. The second-order valence-corrected chi connectivity index (χ2v) is 8.61. The second kappa shape index (κ2) is 8.15. The Bertz CT molecular complexity index is 1370. The van der Waals surface area contributed by atoms with Crippen LogP contribution in [0.15, 0.2) is 57.5 Å². The smallest absolute Gasteiger partial charge is 0.338 e. The van der Waals surface area contributed by atoms with Crippen molar-refractivity contribution in [1.29, 1.82) is 0 Å². The van der Waals surface area contributed by atoms with Crippen LogP contribution in [0.2, 0.25) is 0 Å². The molecule has 4 rings (SSSR count). The number of carbonyl (C=O) groups is 1. The van der Waals surface area contributed by atoms with Gasteiger partial charge in [0.25, 0.3) is 5.56 Å². The molecule has 1 aliphatic heterocycles. The van der Waals surface area contributed by atoms with Crippen molar-refractivity contribution in [1.82, 2.24) is 9.13 Å². The van der Waals surface area contributed by atoms with Gasteiger partial charge in [0.1, 0.15) is 0 Å². The van der Waals surface area contributed by atoms with Gasteiger partial charge in [-0.25, -0.2) is 9.79 Å². The predicted molar refractivity (Wildman–Crippen MR) is 122 cm³/mol. The Morgan fingerprint density at radius 3 is 2.55 bits per heavy atom. The normalized spacial score (nSPS) is 16.3. The summed E-state index contributed by atoms with van der Waals surface area (Å²) in [6, 6.07) is 11.1. The van der Waals surface area contributed by atoms with Crippen molar-refractivity contribution in [2.24, 2.45) is 12.0 Å². The average molecular weight is 436 g/mol. The minimum Gasteiger partial charge on any atom is -0.463 e. The molecule has 0 spiro atoms. The highest BCUT2D eigenvalue weighted by atomic mass is 32.1. The molecule has 0 saturated carbocycles. The Balaban J connectivity index is 1.97. The number of aryl methyl sites for hydroxylation is 1. The Morgan fingerprint density at radius 2 is 1.94 bits per heavy atom. The highest BCUT2D eigenvalue weighted by Crippen LogP contribution is 2.30. The van der Waals surface area contributed by atoms with E-state index in [0.717, 1.165) is 22.5 Å². The maximum Gasteiger partial charge on any atom is 0.338 e. The minimum absolute atomic E-state index is 0.159. The van der Waals surface area contributed by atoms with Crippen LogP contribution in [-0.2, 0) is 16.6 Å². The van der Waals surface area contributed by atoms with Crippen LogP contribution in [-0.4, -0.2) is 21.7 Å². The van der Waals surface area contributed by atoms with Gasteiger partial charge in [-0.2, -0.15) is 0 Å². The molecule has 0 aliphatic carbocycles. The largest absolute Gasteiger partial charge is 0.463 e. The maximum absolute atomic E-state index is 13.5. The molecule has 31 heavy (non-hydrogen) atoms. The number of thiazole rings is 1. The van der Waals surface area contributed by atoms with E-state index < -0.39 is 12.0 Å². The summed E-state index contributed by atoms with van der Waals surface area (Å²) in [4.78, 5) is 31.6. The number of aromatic nitrogens is 2. The third kappa shape index (κ3) is 3.59. The summed E-state index contributed by atoms with van der Waals surface area (Å²) in [5.41, 5.74) is 4.88. The van der Waals surface area contributed by atoms with Crippen molar-refractivity contribution in [3.05, 3.63) is 89.9 Å². The highest BCUT2D eigenvalue weighted by Gasteiger charge is 2.33. The van der Waals surface area contributed by atoms with Gasteiger partial charge in [-0.3, -0.25) is 9.36 Å². The van der Waals surface area contributed by atoms with Crippen LogP contribution in [0.1, 0.15) is 42.4 Å². The van der Waals surface area contributed by atoms with Gasteiger partial charge < -0.3 is 9.30 Å². The minimum atomic E-state index is -0.572. The summed E-state index contributed by atoms with van der Waals surface area (Å²) < 4.78 is 9.62. The molecule has 2 aromatic heterocycles. The zero-order valence-corrected chi connectivity index (χ0v) is 19.1. The fourth-order valence-electron chi connectivity index (χ4n) is 3.91. The van der Waals surface area contributed by atoms with E-state index in [1.807, 2.05) is 57.3 Å². The van der Waals surface area contributed by atoms with Gasteiger partial charge in [-0.15, -0.1) is 0 Å². The summed E-state index contributed by atoms with van der Waals surface area (Å²) in [6.07, 6.45) is 1.91. The molecule has 7 heteroatoms. The van der Waals surface area contributed by atoms with E-state index in [9.17, 15) is 9.59 Å². The van der Waals surface area contributed by atoms with E-state index in [2.05, 4.69) is 15.6 Å². The fourth-order valence-corrected chi connectivity index (χ4v) is 4.95. The monoisotopic (exact) mass is 435 g/mol. The number of hydrogen-bond donors (Lipinski definition) is 0. The van der Waals surface area contributed by atoms with Crippen molar-refractivity contribution in [2.75, 3.05) is 6.61 Å². The third-order valence-electron chi connectivity index (χ3n) is 5.73. The first-order valence-electron chi connectivity index (χ1n) is 10.2. The topological polar surface area (TPSA) is 65.6 Å². The quantitative estimate of drug-likeness (QED) is 0.592. The van der Waals surface area contributed by atoms with Gasteiger partial charge in [-0.05, 0) is 51.0 Å². The lowest BCUT2D eigenvalue weighted by molar-refractivity contribution is -0.139. The van der Waals surface area contributed by atoms with Gasteiger partial charge in [0.15, 0.2) is 4.80 Å². The number of fused-ring (bicyclic) bond motifs is 1. The van der Waals surface area contributed by atoms with Gasteiger partial charge in [0, 0.05) is 18.4 Å². The molecule has 3 aromatic rings. The van der Waals surface area contributed by atoms with Crippen LogP contribution in [0.5, 0.6) is 0 Å². The molecule has 0 bridgehead atoms. The number of nitrogens with zero attached hydrogens (tertiary/aromatic N) is 3.